The van der Waals surface area contributed by atoms with Crippen LogP contribution in [0.1, 0.15) is 49.9 Å². The maximum absolute atomic E-state index is 13.4. The number of halogens is 2. The summed E-state index contributed by atoms with van der Waals surface area (Å²) in [5, 5.41) is 0. The van der Waals surface area contributed by atoms with Crippen LogP contribution in [0.2, 0.25) is 0 Å². The molecule has 0 aliphatic carbocycles. The Labute approximate surface area is 174 Å². The van der Waals surface area contributed by atoms with Crippen LogP contribution < -0.4 is 4.74 Å². The van der Waals surface area contributed by atoms with Gasteiger partial charge in [0.05, 0.1) is 23.1 Å². The van der Waals surface area contributed by atoms with Crippen molar-refractivity contribution in [2.24, 2.45) is 0 Å². The van der Waals surface area contributed by atoms with Gasteiger partial charge in [0.25, 0.3) is 5.91 Å². The third-order valence-corrected chi connectivity index (χ3v) is 5.44. The summed E-state index contributed by atoms with van der Waals surface area (Å²) in [7, 11) is 0. The Hall–Kier alpha value is -3.73. The van der Waals surface area contributed by atoms with Gasteiger partial charge in [0.1, 0.15) is 11.6 Å². The fourth-order valence-electron chi connectivity index (χ4n) is 4.32. The van der Waals surface area contributed by atoms with E-state index in [9.17, 15) is 18.4 Å². The quantitative estimate of drug-likeness (QED) is 0.480. The highest BCUT2D eigenvalue weighted by molar-refractivity contribution is 5.98. The monoisotopic (exact) mass is 410 g/mol. The number of fused-ring (bicyclic) bond motifs is 9. The Morgan fingerprint density at radius 3 is 2.97 bits per heavy atom. The van der Waals surface area contributed by atoms with Crippen molar-refractivity contribution in [2.75, 3.05) is 6.98 Å². The Balaban J connectivity index is 1.82. The highest BCUT2D eigenvalue weighted by atomic mass is 19.3. The Morgan fingerprint density at radius 1 is 1.33 bits per heavy atom. The number of carbonyl (C=O) groups excluding carboxylic acids is 2. The third kappa shape index (κ3) is 2.59. The zero-order chi connectivity index (χ0) is 23.5. The average molecular weight is 410 g/mol. The molecule has 30 heavy (non-hydrogen) atoms. The second-order valence-electron chi connectivity index (χ2n) is 6.97. The van der Waals surface area contributed by atoms with E-state index in [1.165, 1.54) is 24.3 Å². The summed E-state index contributed by atoms with van der Waals surface area (Å²) in [6.07, 6.45) is 0.630. The number of amides is 1. The van der Waals surface area contributed by atoms with Crippen molar-refractivity contribution in [1.29, 1.82) is 0 Å². The zero-order valence-electron chi connectivity index (χ0n) is 18.3. The molecule has 3 aromatic rings. The largest absolute Gasteiger partial charge is 0.435 e. The van der Waals surface area contributed by atoms with Crippen molar-refractivity contribution in [2.45, 2.75) is 25.1 Å². The van der Waals surface area contributed by atoms with Gasteiger partial charge in [-0.25, -0.2) is 4.98 Å². The molecule has 0 saturated heterocycles. The number of ether oxygens (including phenoxy) is 1. The molecule has 0 fully saturated rings. The number of aromatic nitrogens is 2. The van der Waals surface area contributed by atoms with E-state index in [-0.39, 0.29) is 17.7 Å². The summed E-state index contributed by atoms with van der Waals surface area (Å²) in [4.78, 5) is 29.7. The molecule has 2 aliphatic heterocycles. The van der Waals surface area contributed by atoms with Gasteiger partial charge in [0.2, 0.25) is 0 Å². The lowest BCUT2D eigenvalue weighted by molar-refractivity contribution is -0.103. The molecule has 0 unspecified atom stereocenters. The second kappa shape index (κ2) is 6.66. The smallest absolute Gasteiger partial charge is 0.387 e. The molecule has 0 spiro atoms. The summed E-state index contributed by atoms with van der Waals surface area (Å²) in [6, 6.07) is 7.58. The molecule has 2 aromatic carbocycles. The van der Waals surface area contributed by atoms with E-state index in [0.29, 0.717) is 34.3 Å². The predicted molar refractivity (Wildman–Crippen MR) is 103 cm³/mol. The van der Waals surface area contributed by atoms with Crippen molar-refractivity contribution in [3.63, 3.8) is 0 Å². The SMILES string of the molecule is [2H]C([2H])([2H])N1C(=O)c2cccc(C#CC=O)c2[C@H]2C[C@@H]1c1nc3ccc(OC(F)F)cc3n12. The second-order valence-corrected chi connectivity index (χ2v) is 6.97. The Kier molecular flexibility index (Phi) is 3.37. The molecule has 1 amide bonds. The van der Waals surface area contributed by atoms with Crippen LogP contribution in [-0.4, -0.2) is 40.2 Å². The molecule has 6 nitrogen and oxygen atoms in total. The highest BCUT2D eigenvalue weighted by Gasteiger charge is 2.44. The summed E-state index contributed by atoms with van der Waals surface area (Å²) in [5.74, 6) is 4.64. The number of hydrogen-bond acceptors (Lipinski definition) is 4. The first kappa shape index (κ1) is 15.2. The lowest BCUT2D eigenvalue weighted by Gasteiger charge is -2.24. The lowest BCUT2D eigenvalue weighted by Crippen LogP contribution is -2.30. The Morgan fingerprint density at radius 2 is 2.20 bits per heavy atom. The van der Waals surface area contributed by atoms with E-state index < -0.39 is 31.6 Å². The van der Waals surface area contributed by atoms with E-state index >= 15 is 0 Å². The van der Waals surface area contributed by atoms with Crippen LogP contribution in [0.25, 0.3) is 11.0 Å². The first-order valence-corrected chi connectivity index (χ1v) is 9.09. The van der Waals surface area contributed by atoms with E-state index in [0.717, 1.165) is 4.90 Å². The number of hydrogen-bond donors (Lipinski definition) is 0. The standard InChI is InChI=1S/C22H15F2N3O3/c1-26-18-11-17(19-12(5-3-9-28)4-2-6-14(19)21(26)29)27-16-10-13(30-22(23)24)7-8-15(16)25-20(18)27/h2,4,6-10,17-18,22H,11H2,1H3/t17-,18-/m1/s1/i1D3. The van der Waals surface area contributed by atoms with Crippen LogP contribution in [0.4, 0.5) is 8.78 Å². The van der Waals surface area contributed by atoms with Crippen molar-refractivity contribution in [3.05, 3.63) is 58.9 Å². The first-order chi connectivity index (χ1) is 15.7. The predicted octanol–water partition coefficient (Wildman–Crippen LogP) is 3.31. The number of benzene rings is 2. The van der Waals surface area contributed by atoms with Gasteiger partial charge < -0.3 is 14.2 Å². The fraction of sp³-hybridized carbons (Fsp3) is 0.227. The van der Waals surface area contributed by atoms with Crippen LogP contribution in [0.15, 0.2) is 36.4 Å². The molecule has 2 atom stereocenters. The summed E-state index contributed by atoms with van der Waals surface area (Å²) >= 11 is 0. The summed E-state index contributed by atoms with van der Waals surface area (Å²) in [6.45, 7) is -5.77. The van der Waals surface area contributed by atoms with Crippen molar-refractivity contribution in [1.82, 2.24) is 14.5 Å². The van der Waals surface area contributed by atoms with E-state index in [2.05, 4.69) is 21.6 Å². The maximum Gasteiger partial charge on any atom is 0.387 e. The molecule has 0 saturated carbocycles. The first-order valence-electron chi connectivity index (χ1n) is 10.6. The van der Waals surface area contributed by atoms with Gasteiger partial charge in [-0.2, -0.15) is 8.78 Å². The summed E-state index contributed by atoms with van der Waals surface area (Å²) < 4.78 is 55.9. The van der Waals surface area contributed by atoms with Crippen LogP contribution in [0, 0.1) is 11.8 Å². The molecule has 5 rings (SSSR count). The minimum atomic E-state index is -3.01. The number of nitrogens with zero attached hydrogens (tertiary/aromatic N) is 3. The third-order valence-electron chi connectivity index (χ3n) is 5.44. The molecule has 0 radical (unpaired) electrons. The number of carbonyl (C=O) groups is 2. The molecule has 3 heterocycles. The minimum absolute atomic E-state index is 0.0718. The van der Waals surface area contributed by atoms with Gasteiger partial charge in [-0.05, 0) is 30.2 Å². The van der Waals surface area contributed by atoms with Gasteiger partial charge in [0, 0.05) is 40.3 Å². The normalized spacial score (nSPS) is 21.1. The number of rotatable bonds is 2. The van der Waals surface area contributed by atoms with Crippen LogP contribution >= 0.6 is 0 Å². The van der Waals surface area contributed by atoms with E-state index in [4.69, 9.17) is 4.11 Å². The maximum atomic E-state index is 13.4. The Bertz CT molecular complexity index is 1370. The average Bonchev–Trinajstić information content (AvgIpc) is 3.24. The van der Waals surface area contributed by atoms with Crippen LogP contribution in [0.5, 0.6) is 5.75 Å². The van der Waals surface area contributed by atoms with Crippen molar-refractivity contribution >= 4 is 23.2 Å². The number of alkyl halides is 2. The number of aldehydes is 1. The topological polar surface area (TPSA) is 64.4 Å². The van der Waals surface area contributed by atoms with Gasteiger partial charge in [-0.1, -0.05) is 12.0 Å². The molecular formula is C22H15F2N3O3. The molecule has 1 aromatic heterocycles. The van der Waals surface area contributed by atoms with Gasteiger partial charge in [-0.15, -0.1) is 0 Å². The van der Waals surface area contributed by atoms with Crippen LogP contribution in [0.3, 0.4) is 0 Å². The molecule has 2 aliphatic rings. The minimum Gasteiger partial charge on any atom is -0.435 e. The lowest BCUT2D eigenvalue weighted by atomic mass is 9.93. The molecule has 0 N–H and O–H groups in total. The van der Waals surface area contributed by atoms with Gasteiger partial charge in [0.15, 0.2) is 6.29 Å². The molecule has 150 valence electrons. The number of imidazole rings is 1. The molecule has 2 bridgehead atoms. The fourth-order valence-corrected chi connectivity index (χ4v) is 4.32. The zero-order valence-corrected chi connectivity index (χ0v) is 15.3. The van der Waals surface area contributed by atoms with Crippen molar-refractivity contribution in [3.8, 4) is 17.6 Å². The van der Waals surface area contributed by atoms with Gasteiger partial charge in [-0.3, -0.25) is 9.59 Å². The molecular weight excluding hydrogens is 392 g/mol. The molecule has 8 heteroatoms. The van der Waals surface area contributed by atoms with Crippen molar-refractivity contribution < 1.29 is 27.2 Å². The van der Waals surface area contributed by atoms with Gasteiger partial charge >= 0.3 is 6.61 Å². The van der Waals surface area contributed by atoms with E-state index in [1.54, 1.807) is 16.7 Å². The highest BCUT2D eigenvalue weighted by Crippen LogP contribution is 2.48. The summed E-state index contributed by atoms with van der Waals surface area (Å²) in [5.41, 5.74) is 1.92. The van der Waals surface area contributed by atoms with E-state index in [1.807, 2.05) is 0 Å². The van der Waals surface area contributed by atoms with Crippen LogP contribution in [-0.2, 0) is 4.79 Å².